The van der Waals surface area contributed by atoms with Crippen LogP contribution in [-0.2, 0) is 4.79 Å². The molecule has 33 heavy (non-hydrogen) atoms. The van der Waals surface area contributed by atoms with Gasteiger partial charge in [-0.2, -0.15) is 5.26 Å². The fourth-order valence-electron chi connectivity index (χ4n) is 3.10. The Bertz CT molecular complexity index is 1370. The molecule has 9 heteroatoms. The number of hydrogen-bond donors (Lipinski definition) is 2. The van der Waals surface area contributed by atoms with Crippen LogP contribution in [0.1, 0.15) is 12.0 Å². The van der Waals surface area contributed by atoms with E-state index in [9.17, 15) is 14.9 Å². The zero-order valence-corrected chi connectivity index (χ0v) is 18.9. The predicted octanol–water partition coefficient (Wildman–Crippen LogP) is 4.87. The number of pyridine rings is 1. The lowest BCUT2D eigenvalue weighted by molar-refractivity contribution is -0.115. The van der Waals surface area contributed by atoms with Crippen LogP contribution in [-0.4, -0.2) is 26.4 Å². The summed E-state index contributed by atoms with van der Waals surface area (Å²) >= 11 is 7.28. The van der Waals surface area contributed by atoms with Gasteiger partial charge in [0.15, 0.2) is 0 Å². The summed E-state index contributed by atoms with van der Waals surface area (Å²) in [5.41, 5.74) is 2.46. The van der Waals surface area contributed by atoms with E-state index < -0.39 is 0 Å². The first-order valence-electron chi connectivity index (χ1n) is 10.0. The lowest BCUT2D eigenvalue weighted by atomic mass is 10.1. The summed E-state index contributed by atoms with van der Waals surface area (Å²) in [6, 6.07) is 23.3. The highest BCUT2D eigenvalue weighted by atomic mass is 35.5. The molecule has 1 amide bonds. The minimum Gasteiger partial charge on any atom is -0.311 e. The number of thioether (sulfide) groups is 1. The summed E-state index contributed by atoms with van der Waals surface area (Å²) in [6.45, 7) is 0. The summed E-state index contributed by atoms with van der Waals surface area (Å²) in [5.74, 6) is 0.483. The van der Waals surface area contributed by atoms with Crippen molar-refractivity contribution in [1.82, 2.24) is 14.8 Å². The number of nitriles is 1. The average molecular weight is 476 g/mol. The zero-order chi connectivity index (χ0) is 23.2. The number of aromatic nitrogens is 3. The van der Waals surface area contributed by atoms with E-state index in [1.807, 2.05) is 30.3 Å². The number of carbonyl (C=O) groups excluding carboxylic acids is 1. The molecular weight excluding hydrogens is 458 g/mol. The maximum Gasteiger partial charge on any atom is 0.273 e. The molecule has 0 saturated heterocycles. The number of nitrogens with zero attached hydrogens (tertiary/aromatic N) is 3. The fraction of sp³-hybridized carbons (Fsp3) is 0.0833. The molecule has 0 atom stereocenters. The van der Waals surface area contributed by atoms with Crippen molar-refractivity contribution < 1.29 is 4.79 Å². The molecule has 0 radical (unpaired) electrons. The first-order valence-corrected chi connectivity index (χ1v) is 11.4. The molecule has 2 aromatic carbocycles. The fourth-order valence-corrected chi connectivity index (χ4v) is 4.14. The zero-order valence-electron chi connectivity index (χ0n) is 17.3. The van der Waals surface area contributed by atoms with Gasteiger partial charge in [0, 0.05) is 28.8 Å². The Morgan fingerprint density at radius 3 is 2.61 bits per heavy atom. The Kier molecular flexibility index (Phi) is 6.93. The van der Waals surface area contributed by atoms with Crippen LogP contribution in [0.2, 0.25) is 5.02 Å². The topological polar surface area (TPSA) is 104 Å². The van der Waals surface area contributed by atoms with Crippen LogP contribution in [0.15, 0.2) is 82.6 Å². The minimum absolute atomic E-state index is 0.181. The van der Waals surface area contributed by atoms with E-state index in [0.29, 0.717) is 32.9 Å². The van der Waals surface area contributed by atoms with Crippen LogP contribution in [0, 0.1) is 11.3 Å². The number of aromatic amines is 1. The van der Waals surface area contributed by atoms with E-state index in [1.165, 1.54) is 22.5 Å². The molecule has 0 bridgehead atoms. The van der Waals surface area contributed by atoms with Crippen LogP contribution in [0.5, 0.6) is 0 Å². The first kappa shape index (κ1) is 22.4. The number of hydrogen-bond acceptors (Lipinski definition) is 5. The monoisotopic (exact) mass is 475 g/mol. The number of anilines is 1. The van der Waals surface area contributed by atoms with Crippen molar-refractivity contribution in [1.29, 1.82) is 5.26 Å². The molecule has 0 aliphatic carbocycles. The normalized spacial score (nSPS) is 10.5. The molecule has 0 saturated carbocycles. The number of amides is 1. The van der Waals surface area contributed by atoms with E-state index in [4.69, 9.17) is 11.6 Å². The summed E-state index contributed by atoms with van der Waals surface area (Å²) in [4.78, 5) is 29.2. The van der Waals surface area contributed by atoms with E-state index in [0.717, 1.165) is 11.3 Å². The molecule has 0 aliphatic rings. The number of para-hydroxylation sites is 1. The van der Waals surface area contributed by atoms with Gasteiger partial charge in [0.25, 0.3) is 5.56 Å². The number of H-pyrrole nitrogens is 1. The van der Waals surface area contributed by atoms with Crippen molar-refractivity contribution >= 4 is 35.1 Å². The predicted molar refractivity (Wildman–Crippen MR) is 130 cm³/mol. The minimum atomic E-state index is -0.271. The number of carbonyl (C=O) groups is 1. The summed E-state index contributed by atoms with van der Waals surface area (Å²) < 4.78 is 1.36. The van der Waals surface area contributed by atoms with Gasteiger partial charge < -0.3 is 5.32 Å². The molecule has 0 spiro atoms. The van der Waals surface area contributed by atoms with E-state index >= 15 is 0 Å². The highest BCUT2D eigenvalue weighted by molar-refractivity contribution is 7.99. The lowest BCUT2D eigenvalue weighted by Gasteiger charge is -2.07. The van der Waals surface area contributed by atoms with Crippen LogP contribution in [0.25, 0.3) is 16.9 Å². The molecule has 4 rings (SSSR count). The van der Waals surface area contributed by atoms with Gasteiger partial charge in [-0.25, -0.2) is 9.67 Å². The third-order valence-corrected chi connectivity index (χ3v) is 5.94. The number of benzene rings is 2. The third-order valence-electron chi connectivity index (χ3n) is 4.70. The molecule has 4 aromatic rings. The van der Waals surface area contributed by atoms with Gasteiger partial charge in [-0.05, 0) is 36.4 Å². The van der Waals surface area contributed by atoms with E-state index in [1.54, 1.807) is 36.4 Å². The van der Waals surface area contributed by atoms with Gasteiger partial charge >= 0.3 is 0 Å². The Hall–Kier alpha value is -3.80. The highest BCUT2D eigenvalue weighted by Crippen LogP contribution is 2.26. The van der Waals surface area contributed by atoms with Crippen molar-refractivity contribution in [2.24, 2.45) is 0 Å². The van der Waals surface area contributed by atoms with Gasteiger partial charge in [-0.15, -0.1) is 11.8 Å². The Morgan fingerprint density at radius 2 is 1.88 bits per heavy atom. The molecule has 7 nitrogen and oxygen atoms in total. The molecule has 0 unspecified atom stereocenters. The van der Waals surface area contributed by atoms with Crippen molar-refractivity contribution in [3.8, 4) is 23.0 Å². The van der Waals surface area contributed by atoms with Gasteiger partial charge in [0.2, 0.25) is 5.91 Å². The molecule has 0 fully saturated rings. The van der Waals surface area contributed by atoms with Crippen LogP contribution in [0.3, 0.4) is 0 Å². The molecule has 2 aromatic heterocycles. The van der Waals surface area contributed by atoms with E-state index in [2.05, 4.69) is 21.5 Å². The van der Waals surface area contributed by atoms with Crippen LogP contribution in [0.4, 0.5) is 5.82 Å². The number of halogens is 1. The standard InChI is InChI=1S/C24H18ClN5O2S/c25-18-9-6-16(7-10-18)20-11-8-17(15-26)24(27-20)33-13-12-22(31)28-21-14-23(32)30(29-21)19-4-2-1-3-5-19/h1-11,14,29H,12-13H2,(H,28,31). The SMILES string of the molecule is N#Cc1ccc(-c2ccc(Cl)cc2)nc1SCCC(=O)Nc1cc(=O)n(-c2ccccc2)[nH]1. The van der Waals surface area contributed by atoms with Crippen molar-refractivity contribution in [2.75, 3.05) is 11.1 Å². The average Bonchev–Trinajstić information content (AvgIpc) is 3.19. The Labute approximate surface area is 199 Å². The largest absolute Gasteiger partial charge is 0.311 e. The van der Waals surface area contributed by atoms with Crippen LogP contribution < -0.4 is 10.9 Å². The van der Waals surface area contributed by atoms with Gasteiger partial charge in [-0.3, -0.25) is 14.7 Å². The Balaban J connectivity index is 1.39. The van der Waals surface area contributed by atoms with E-state index in [-0.39, 0.29) is 17.9 Å². The van der Waals surface area contributed by atoms with Gasteiger partial charge in [0.1, 0.15) is 16.9 Å². The highest BCUT2D eigenvalue weighted by Gasteiger charge is 2.11. The second-order valence-electron chi connectivity index (χ2n) is 6.99. The Morgan fingerprint density at radius 1 is 1.12 bits per heavy atom. The second kappa shape index (κ2) is 10.2. The summed E-state index contributed by atoms with van der Waals surface area (Å²) in [5, 5.41) is 16.2. The van der Waals surface area contributed by atoms with Crippen LogP contribution >= 0.6 is 23.4 Å². The van der Waals surface area contributed by atoms with Gasteiger partial charge in [0.05, 0.1) is 16.9 Å². The second-order valence-corrected chi connectivity index (χ2v) is 8.51. The number of rotatable bonds is 7. The summed E-state index contributed by atoms with van der Waals surface area (Å²) in [7, 11) is 0. The van der Waals surface area contributed by atoms with Crippen molar-refractivity contribution in [3.63, 3.8) is 0 Å². The van der Waals surface area contributed by atoms with Crippen molar-refractivity contribution in [3.05, 3.63) is 93.7 Å². The smallest absolute Gasteiger partial charge is 0.273 e. The van der Waals surface area contributed by atoms with Crippen molar-refractivity contribution in [2.45, 2.75) is 11.4 Å². The molecular formula is C24H18ClN5O2S. The lowest BCUT2D eigenvalue weighted by Crippen LogP contribution is -2.14. The molecule has 0 aliphatic heterocycles. The molecule has 164 valence electrons. The molecule has 2 N–H and O–H groups in total. The maximum absolute atomic E-state index is 12.4. The molecule has 2 heterocycles. The number of nitrogens with one attached hydrogen (secondary N) is 2. The maximum atomic E-state index is 12.4. The first-order chi connectivity index (χ1) is 16.0. The quantitative estimate of drug-likeness (QED) is 0.371. The van der Waals surface area contributed by atoms with Gasteiger partial charge in [-0.1, -0.05) is 41.9 Å². The third kappa shape index (κ3) is 5.52. The summed E-state index contributed by atoms with van der Waals surface area (Å²) in [6.07, 6.45) is 0.181.